The second kappa shape index (κ2) is 5.92. The maximum absolute atomic E-state index is 13.0. The van der Waals surface area contributed by atoms with Crippen molar-refractivity contribution in [1.82, 2.24) is 4.90 Å². The number of benzene rings is 2. The molecule has 2 aromatic rings. The number of para-hydroxylation sites is 1. The summed E-state index contributed by atoms with van der Waals surface area (Å²) in [5.74, 6) is -0.659. The van der Waals surface area contributed by atoms with Gasteiger partial charge >= 0.3 is 0 Å². The van der Waals surface area contributed by atoms with E-state index in [0.717, 1.165) is 12.0 Å². The van der Waals surface area contributed by atoms with E-state index in [1.165, 1.54) is 5.56 Å². The summed E-state index contributed by atoms with van der Waals surface area (Å²) >= 11 is 0. The number of carbonyl (C=O) groups excluding carboxylic acids is 1. The van der Waals surface area contributed by atoms with Crippen LogP contribution in [0, 0.1) is 10.1 Å². The van der Waals surface area contributed by atoms with Crippen LogP contribution in [-0.2, 0) is 16.8 Å². The summed E-state index contributed by atoms with van der Waals surface area (Å²) in [6.07, 6.45) is 0.920. The summed E-state index contributed by atoms with van der Waals surface area (Å²) < 4.78 is 0. The lowest BCUT2D eigenvalue weighted by molar-refractivity contribution is -0.534. The molecule has 0 aliphatic carbocycles. The molecule has 1 fully saturated rings. The van der Waals surface area contributed by atoms with Gasteiger partial charge in [-0.25, -0.2) is 0 Å². The third-order valence-corrected chi connectivity index (χ3v) is 5.86. The number of aryl methyl sites for hydroxylation is 1. The number of nitrogens with one attached hydrogen (secondary N) is 1. The topological polar surface area (TPSA) is 75.5 Å². The SMILES string of the molecule is CCc1ccc([C@@H]2CN(C)[C@@]3(C(=O)Nc4ccccc43)[C@H]2[N+](=O)[O-])cc1. The van der Waals surface area contributed by atoms with E-state index in [9.17, 15) is 14.9 Å². The van der Waals surface area contributed by atoms with Crippen LogP contribution in [0.2, 0.25) is 0 Å². The number of likely N-dealkylation sites (N-methyl/N-ethyl adjacent to an activating group) is 1. The number of anilines is 1. The van der Waals surface area contributed by atoms with Crippen LogP contribution in [0.25, 0.3) is 0 Å². The maximum Gasteiger partial charge on any atom is 0.256 e. The minimum Gasteiger partial charge on any atom is -0.324 e. The van der Waals surface area contributed by atoms with Crippen molar-refractivity contribution in [3.05, 3.63) is 75.3 Å². The van der Waals surface area contributed by atoms with Crippen molar-refractivity contribution in [2.45, 2.75) is 30.8 Å². The van der Waals surface area contributed by atoms with Gasteiger partial charge in [-0.15, -0.1) is 0 Å². The number of nitro groups is 1. The Bertz CT molecular complexity index is 880. The summed E-state index contributed by atoms with van der Waals surface area (Å²) in [5, 5.41) is 15.0. The van der Waals surface area contributed by atoms with E-state index in [2.05, 4.69) is 12.2 Å². The molecule has 2 aliphatic rings. The van der Waals surface area contributed by atoms with Crippen molar-refractivity contribution in [2.24, 2.45) is 0 Å². The largest absolute Gasteiger partial charge is 0.324 e. The van der Waals surface area contributed by atoms with Crippen molar-refractivity contribution >= 4 is 11.6 Å². The van der Waals surface area contributed by atoms with Crippen molar-refractivity contribution in [2.75, 3.05) is 18.9 Å². The number of carbonyl (C=O) groups is 1. The van der Waals surface area contributed by atoms with E-state index in [-0.39, 0.29) is 16.7 Å². The highest BCUT2D eigenvalue weighted by atomic mass is 16.6. The molecule has 3 atom stereocenters. The van der Waals surface area contributed by atoms with Gasteiger partial charge in [0.05, 0.1) is 5.92 Å². The first-order chi connectivity index (χ1) is 12.5. The molecule has 2 aromatic carbocycles. The Balaban J connectivity index is 1.86. The monoisotopic (exact) mass is 351 g/mol. The molecule has 0 aromatic heterocycles. The number of fused-ring (bicyclic) bond motifs is 2. The summed E-state index contributed by atoms with van der Waals surface area (Å²) in [7, 11) is 1.80. The Morgan fingerprint density at radius 2 is 1.92 bits per heavy atom. The lowest BCUT2D eigenvalue weighted by atomic mass is 9.79. The fourth-order valence-electron chi connectivity index (χ4n) is 4.58. The van der Waals surface area contributed by atoms with E-state index in [1.807, 2.05) is 47.4 Å². The van der Waals surface area contributed by atoms with E-state index < -0.39 is 11.6 Å². The van der Waals surface area contributed by atoms with E-state index >= 15 is 0 Å². The first-order valence-corrected chi connectivity index (χ1v) is 8.84. The van der Waals surface area contributed by atoms with Crippen molar-refractivity contribution < 1.29 is 9.72 Å². The number of nitrogens with zero attached hydrogens (tertiary/aromatic N) is 2. The van der Waals surface area contributed by atoms with Gasteiger partial charge in [0.2, 0.25) is 0 Å². The Morgan fingerprint density at radius 1 is 1.23 bits per heavy atom. The van der Waals surface area contributed by atoms with Crippen LogP contribution in [0.3, 0.4) is 0 Å². The average Bonchev–Trinajstić information content (AvgIpc) is 3.11. The van der Waals surface area contributed by atoms with Crippen molar-refractivity contribution in [3.8, 4) is 0 Å². The number of hydrogen-bond acceptors (Lipinski definition) is 4. The molecule has 6 nitrogen and oxygen atoms in total. The Kier molecular flexibility index (Phi) is 3.80. The molecule has 0 unspecified atom stereocenters. The lowest BCUT2D eigenvalue weighted by Crippen LogP contribution is -2.54. The van der Waals surface area contributed by atoms with Crippen molar-refractivity contribution in [1.29, 1.82) is 0 Å². The highest BCUT2D eigenvalue weighted by molar-refractivity contribution is 6.06. The average molecular weight is 351 g/mol. The first kappa shape index (κ1) is 16.7. The van der Waals surface area contributed by atoms with Gasteiger partial charge in [-0.1, -0.05) is 49.4 Å². The van der Waals surface area contributed by atoms with E-state index in [1.54, 1.807) is 13.1 Å². The molecule has 1 spiro atoms. The van der Waals surface area contributed by atoms with Crippen LogP contribution in [0.5, 0.6) is 0 Å². The third kappa shape index (κ3) is 2.12. The predicted molar refractivity (Wildman–Crippen MR) is 98.7 cm³/mol. The number of hydrogen-bond donors (Lipinski definition) is 1. The van der Waals surface area contributed by atoms with Gasteiger partial charge in [0.15, 0.2) is 5.54 Å². The molecule has 26 heavy (non-hydrogen) atoms. The maximum atomic E-state index is 13.0. The third-order valence-electron chi connectivity index (χ3n) is 5.86. The van der Waals surface area contributed by atoms with Crippen LogP contribution in [-0.4, -0.2) is 35.4 Å². The van der Waals surface area contributed by atoms with E-state index in [4.69, 9.17) is 0 Å². The van der Waals surface area contributed by atoms with Crippen LogP contribution < -0.4 is 5.32 Å². The standard InChI is InChI=1S/C20H21N3O3/c1-3-13-8-10-14(11-9-13)15-12-22(2)20(18(15)23(25)26)16-6-4-5-7-17(16)21-19(20)24/h4-11,15,18H,3,12H2,1-2H3,(H,21,24)/t15-,18-,20+/m0/s1. The Hall–Kier alpha value is -2.73. The molecule has 6 heteroatoms. The zero-order valence-electron chi connectivity index (χ0n) is 14.8. The minimum atomic E-state index is -1.27. The summed E-state index contributed by atoms with van der Waals surface area (Å²) in [5.41, 5.74) is 2.19. The number of rotatable bonds is 3. The lowest BCUT2D eigenvalue weighted by Gasteiger charge is -2.30. The smallest absolute Gasteiger partial charge is 0.256 e. The highest BCUT2D eigenvalue weighted by Crippen LogP contribution is 2.51. The normalized spacial score (nSPS) is 27.5. The summed E-state index contributed by atoms with van der Waals surface area (Å²) in [4.78, 5) is 26.7. The molecule has 1 N–H and O–H groups in total. The Labute approximate surface area is 152 Å². The first-order valence-electron chi connectivity index (χ1n) is 8.84. The number of likely N-dealkylation sites (tertiary alicyclic amines) is 1. The molecule has 0 saturated carbocycles. The number of amides is 1. The summed E-state index contributed by atoms with van der Waals surface area (Å²) in [6, 6.07) is 14.2. The second-order valence-corrected chi connectivity index (χ2v) is 7.08. The van der Waals surface area contributed by atoms with Gasteiger partial charge in [0.25, 0.3) is 11.9 Å². The van der Waals surface area contributed by atoms with Gasteiger partial charge in [-0.2, -0.15) is 0 Å². The molecule has 1 amide bonds. The summed E-state index contributed by atoms with van der Waals surface area (Å²) in [6.45, 7) is 2.53. The minimum absolute atomic E-state index is 0.274. The molecular weight excluding hydrogens is 330 g/mol. The fraction of sp³-hybridized carbons (Fsp3) is 0.350. The van der Waals surface area contributed by atoms with Crippen LogP contribution >= 0.6 is 0 Å². The van der Waals surface area contributed by atoms with Gasteiger partial charge in [0, 0.05) is 22.7 Å². The van der Waals surface area contributed by atoms with Crippen LogP contribution in [0.1, 0.15) is 29.5 Å². The molecule has 1 saturated heterocycles. The van der Waals surface area contributed by atoms with Gasteiger partial charge < -0.3 is 5.32 Å². The molecule has 134 valence electrons. The second-order valence-electron chi connectivity index (χ2n) is 7.08. The zero-order chi connectivity index (χ0) is 18.5. The molecule has 2 heterocycles. The molecule has 0 bridgehead atoms. The van der Waals surface area contributed by atoms with Crippen LogP contribution in [0.4, 0.5) is 5.69 Å². The van der Waals surface area contributed by atoms with Gasteiger partial charge in [-0.05, 0) is 30.7 Å². The fourth-order valence-corrected chi connectivity index (χ4v) is 4.58. The highest BCUT2D eigenvalue weighted by Gasteiger charge is 2.68. The molecule has 4 rings (SSSR count). The molecular formula is C20H21N3O3. The zero-order valence-corrected chi connectivity index (χ0v) is 14.8. The molecule has 0 radical (unpaired) electrons. The predicted octanol–water partition coefficient (Wildman–Crippen LogP) is 2.77. The quantitative estimate of drug-likeness (QED) is 0.681. The van der Waals surface area contributed by atoms with Crippen LogP contribution in [0.15, 0.2) is 48.5 Å². The van der Waals surface area contributed by atoms with Gasteiger partial charge in [0.1, 0.15) is 0 Å². The molecule has 2 aliphatic heterocycles. The Morgan fingerprint density at radius 3 is 2.58 bits per heavy atom. The van der Waals surface area contributed by atoms with E-state index in [0.29, 0.717) is 17.8 Å². The van der Waals surface area contributed by atoms with Gasteiger partial charge in [-0.3, -0.25) is 19.8 Å². The van der Waals surface area contributed by atoms with Crippen molar-refractivity contribution in [3.63, 3.8) is 0 Å².